The molecule has 1 aliphatic rings. The Balaban J connectivity index is 1.87. The fraction of sp³-hybridized carbons (Fsp3) is 0.438. The van der Waals surface area contributed by atoms with E-state index in [4.69, 9.17) is 0 Å². The van der Waals surface area contributed by atoms with Crippen molar-refractivity contribution >= 4 is 22.7 Å². The van der Waals surface area contributed by atoms with Crippen LogP contribution in [0.1, 0.15) is 12.0 Å². The van der Waals surface area contributed by atoms with Crippen LogP contribution in [0.2, 0.25) is 0 Å². The van der Waals surface area contributed by atoms with Gasteiger partial charge in [-0.25, -0.2) is 0 Å². The summed E-state index contributed by atoms with van der Waals surface area (Å²) in [7, 11) is 2.09. The maximum absolute atomic E-state index is 4.45. The van der Waals surface area contributed by atoms with E-state index in [1.807, 2.05) is 6.20 Å². The number of thioether (sulfide) groups is 1. The molecule has 1 N–H and O–H groups in total. The number of rotatable bonds is 4. The van der Waals surface area contributed by atoms with Crippen LogP contribution in [-0.2, 0) is 6.42 Å². The predicted octanol–water partition coefficient (Wildman–Crippen LogP) is 3.12. The van der Waals surface area contributed by atoms with E-state index in [-0.39, 0.29) is 0 Å². The standard InChI is InChI=1S/C16H20N2S/c1-17-16(13-7-9-19-11-13)10-12-6-8-18-15-5-3-2-4-14(12)15/h2-6,8,13,16-17H,7,9-11H2,1H3. The molecule has 1 aliphatic heterocycles. The first-order chi connectivity index (χ1) is 9.38. The van der Waals surface area contributed by atoms with Crippen molar-refractivity contribution in [3.8, 4) is 0 Å². The van der Waals surface area contributed by atoms with E-state index in [9.17, 15) is 0 Å². The van der Waals surface area contributed by atoms with Gasteiger partial charge in [0.1, 0.15) is 0 Å². The van der Waals surface area contributed by atoms with Crippen LogP contribution in [0.5, 0.6) is 0 Å². The van der Waals surface area contributed by atoms with E-state index in [0.29, 0.717) is 6.04 Å². The van der Waals surface area contributed by atoms with Gasteiger partial charge in [-0.15, -0.1) is 0 Å². The Morgan fingerprint density at radius 2 is 2.26 bits per heavy atom. The number of hydrogen-bond acceptors (Lipinski definition) is 3. The molecule has 19 heavy (non-hydrogen) atoms. The van der Waals surface area contributed by atoms with Gasteiger partial charge in [0.05, 0.1) is 5.52 Å². The van der Waals surface area contributed by atoms with E-state index >= 15 is 0 Å². The Morgan fingerprint density at radius 1 is 1.37 bits per heavy atom. The Bertz CT molecular complexity index is 544. The fourth-order valence-corrected chi connectivity index (χ4v) is 4.28. The zero-order chi connectivity index (χ0) is 13.1. The second-order valence-electron chi connectivity index (χ2n) is 5.21. The van der Waals surface area contributed by atoms with Crippen molar-refractivity contribution in [3.63, 3.8) is 0 Å². The summed E-state index contributed by atoms with van der Waals surface area (Å²) >= 11 is 2.09. The summed E-state index contributed by atoms with van der Waals surface area (Å²) in [4.78, 5) is 4.45. The molecule has 0 amide bonds. The number of aromatic nitrogens is 1. The monoisotopic (exact) mass is 272 g/mol. The highest BCUT2D eigenvalue weighted by atomic mass is 32.2. The summed E-state index contributed by atoms with van der Waals surface area (Å²) in [5.74, 6) is 3.43. The lowest BCUT2D eigenvalue weighted by Crippen LogP contribution is -2.35. The average Bonchev–Trinajstić information content (AvgIpc) is 2.99. The fourth-order valence-electron chi connectivity index (χ4n) is 2.94. The topological polar surface area (TPSA) is 24.9 Å². The summed E-state index contributed by atoms with van der Waals surface area (Å²) in [6.45, 7) is 0. The molecule has 2 heterocycles. The smallest absolute Gasteiger partial charge is 0.0704 e. The summed E-state index contributed by atoms with van der Waals surface area (Å²) in [5, 5.41) is 4.83. The molecule has 1 aromatic carbocycles. The maximum atomic E-state index is 4.45. The molecule has 2 nitrogen and oxygen atoms in total. The molecule has 3 heteroatoms. The second kappa shape index (κ2) is 5.93. The molecule has 2 atom stereocenters. The first-order valence-electron chi connectivity index (χ1n) is 6.96. The number of benzene rings is 1. The van der Waals surface area contributed by atoms with Crippen LogP contribution >= 0.6 is 11.8 Å². The van der Waals surface area contributed by atoms with Crippen molar-refractivity contribution < 1.29 is 0 Å². The van der Waals surface area contributed by atoms with E-state index in [0.717, 1.165) is 17.9 Å². The van der Waals surface area contributed by atoms with E-state index < -0.39 is 0 Å². The maximum Gasteiger partial charge on any atom is 0.0704 e. The number of pyridine rings is 1. The molecular weight excluding hydrogens is 252 g/mol. The van der Waals surface area contributed by atoms with Gasteiger partial charge in [-0.2, -0.15) is 11.8 Å². The van der Waals surface area contributed by atoms with Crippen molar-refractivity contribution in [2.24, 2.45) is 5.92 Å². The van der Waals surface area contributed by atoms with Crippen LogP contribution in [0.25, 0.3) is 10.9 Å². The van der Waals surface area contributed by atoms with Crippen LogP contribution in [-0.4, -0.2) is 29.6 Å². The first-order valence-corrected chi connectivity index (χ1v) is 8.11. The van der Waals surface area contributed by atoms with Gasteiger partial charge < -0.3 is 5.32 Å². The Morgan fingerprint density at radius 3 is 3.05 bits per heavy atom. The lowest BCUT2D eigenvalue weighted by Gasteiger charge is -2.23. The molecular formula is C16H20N2S. The van der Waals surface area contributed by atoms with Crippen molar-refractivity contribution in [3.05, 3.63) is 42.1 Å². The third-order valence-corrected chi connectivity index (χ3v) is 5.27. The lowest BCUT2D eigenvalue weighted by molar-refractivity contribution is 0.405. The molecule has 0 aliphatic carbocycles. The van der Waals surface area contributed by atoms with Crippen LogP contribution in [0, 0.1) is 5.92 Å². The van der Waals surface area contributed by atoms with Crippen molar-refractivity contribution in [2.75, 3.05) is 18.6 Å². The molecule has 1 aromatic heterocycles. The third-order valence-electron chi connectivity index (χ3n) is 4.08. The number of nitrogens with one attached hydrogen (secondary N) is 1. The van der Waals surface area contributed by atoms with E-state index in [1.165, 1.54) is 28.9 Å². The number of likely N-dealkylation sites (N-methyl/N-ethyl adjacent to an activating group) is 1. The van der Waals surface area contributed by atoms with Gasteiger partial charge in [0, 0.05) is 17.6 Å². The molecule has 100 valence electrons. The van der Waals surface area contributed by atoms with Gasteiger partial charge in [-0.1, -0.05) is 18.2 Å². The van der Waals surface area contributed by atoms with Gasteiger partial charge in [-0.05, 0) is 55.0 Å². The van der Waals surface area contributed by atoms with Crippen molar-refractivity contribution in [1.29, 1.82) is 0 Å². The highest BCUT2D eigenvalue weighted by Crippen LogP contribution is 2.28. The molecule has 1 fully saturated rings. The first kappa shape index (κ1) is 12.9. The van der Waals surface area contributed by atoms with Gasteiger partial charge in [0.15, 0.2) is 0 Å². The Labute approximate surface area is 119 Å². The molecule has 0 radical (unpaired) electrons. The molecule has 3 rings (SSSR count). The van der Waals surface area contributed by atoms with Crippen LogP contribution in [0.4, 0.5) is 0 Å². The van der Waals surface area contributed by atoms with E-state index in [2.05, 4.69) is 59.4 Å². The third kappa shape index (κ3) is 2.77. The SMILES string of the molecule is CNC(Cc1ccnc2ccccc12)C1CCSC1. The van der Waals surface area contributed by atoms with Crippen molar-refractivity contribution in [2.45, 2.75) is 18.9 Å². The van der Waals surface area contributed by atoms with Crippen LogP contribution in [0.15, 0.2) is 36.5 Å². The summed E-state index contributed by atoms with van der Waals surface area (Å²) in [6, 6.07) is 11.2. The number of hydrogen-bond donors (Lipinski definition) is 1. The van der Waals surface area contributed by atoms with Crippen LogP contribution in [0.3, 0.4) is 0 Å². The molecule has 2 aromatic rings. The molecule has 0 bridgehead atoms. The number of nitrogens with zero attached hydrogens (tertiary/aromatic N) is 1. The molecule has 0 spiro atoms. The molecule has 1 saturated heterocycles. The molecule has 0 saturated carbocycles. The highest BCUT2D eigenvalue weighted by Gasteiger charge is 2.24. The molecule has 2 unspecified atom stereocenters. The zero-order valence-corrected chi connectivity index (χ0v) is 12.1. The largest absolute Gasteiger partial charge is 0.316 e. The van der Waals surface area contributed by atoms with Gasteiger partial charge in [0.2, 0.25) is 0 Å². The lowest BCUT2D eigenvalue weighted by atomic mass is 9.92. The summed E-state index contributed by atoms with van der Waals surface area (Å²) in [5.41, 5.74) is 2.53. The number of fused-ring (bicyclic) bond motifs is 1. The van der Waals surface area contributed by atoms with E-state index in [1.54, 1.807) is 0 Å². The quantitative estimate of drug-likeness (QED) is 0.925. The van der Waals surface area contributed by atoms with Gasteiger partial charge >= 0.3 is 0 Å². The number of para-hydroxylation sites is 1. The summed E-state index contributed by atoms with van der Waals surface area (Å²) in [6.07, 6.45) is 4.39. The Kier molecular flexibility index (Phi) is 4.04. The average molecular weight is 272 g/mol. The minimum absolute atomic E-state index is 0.584. The van der Waals surface area contributed by atoms with Gasteiger partial charge in [-0.3, -0.25) is 4.98 Å². The van der Waals surface area contributed by atoms with Crippen molar-refractivity contribution in [1.82, 2.24) is 10.3 Å². The Hall–Kier alpha value is -1.06. The summed E-state index contributed by atoms with van der Waals surface area (Å²) < 4.78 is 0. The van der Waals surface area contributed by atoms with Crippen LogP contribution < -0.4 is 5.32 Å². The van der Waals surface area contributed by atoms with Gasteiger partial charge in [0.25, 0.3) is 0 Å². The normalized spacial score (nSPS) is 20.8. The second-order valence-corrected chi connectivity index (χ2v) is 6.36. The minimum atomic E-state index is 0.584. The predicted molar refractivity (Wildman–Crippen MR) is 83.7 cm³/mol. The minimum Gasteiger partial charge on any atom is -0.316 e. The zero-order valence-electron chi connectivity index (χ0n) is 11.3. The highest BCUT2D eigenvalue weighted by molar-refractivity contribution is 7.99.